The summed E-state index contributed by atoms with van der Waals surface area (Å²) in [5.74, 6) is -0.184. The van der Waals surface area contributed by atoms with E-state index in [9.17, 15) is 9.59 Å². The Morgan fingerprint density at radius 3 is 2.78 bits per heavy atom. The number of carbonyl (C=O) groups is 1. The monoisotopic (exact) mass is 380 g/mol. The largest absolute Gasteiger partial charge is 0.349 e. The highest BCUT2D eigenvalue weighted by Crippen LogP contribution is 2.22. The van der Waals surface area contributed by atoms with E-state index >= 15 is 0 Å². The van der Waals surface area contributed by atoms with Crippen molar-refractivity contribution in [3.8, 4) is 0 Å². The van der Waals surface area contributed by atoms with Crippen LogP contribution >= 0.6 is 11.6 Å². The maximum atomic E-state index is 12.7. The number of aromatic amines is 1. The summed E-state index contributed by atoms with van der Waals surface area (Å²) >= 11 is 5.83. The first-order valence-electron chi connectivity index (χ1n) is 8.54. The van der Waals surface area contributed by atoms with E-state index in [4.69, 9.17) is 11.6 Å². The first-order valence-corrected chi connectivity index (χ1v) is 8.92. The Bertz CT molecular complexity index is 1210. The molecule has 27 heavy (non-hydrogen) atoms. The number of anilines is 1. The molecular weight excluding hydrogens is 364 g/mol. The average Bonchev–Trinajstić information content (AvgIpc) is 3.02. The smallest absolute Gasteiger partial charge is 0.277 e. The number of aryl methyl sites for hydroxylation is 2. The molecule has 0 spiro atoms. The molecule has 2 aromatic heterocycles. The predicted octanol–water partition coefficient (Wildman–Crippen LogP) is 3.87. The Kier molecular flexibility index (Phi) is 4.41. The number of nitrogens with zero attached hydrogens (tertiary/aromatic N) is 2. The number of amides is 1. The van der Waals surface area contributed by atoms with Gasteiger partial charge < -0.3 is 10.3 Å². The van der Waals surface area contributed by atoms with Crippen LogP contribution in [0.4, 0.5) is 5.69 Å². The first-order chi connectivity index (χ1) is 13.0. The molecular formula is C20H17ClN4O2. The molecule has 4 aromatic rings. The van der Waals surface area contributed by atoms with Crippen LogP contribution in [-0.4, -0.2) is 20.4 Å². The predicted molar refractivity (Wildman–Crippen MR) is 107 cm³/mol. The molecule has 0 saturated carbocycles. The lowest BCUT2D eigenvalue weighted by Crippen LogP contribution is -2.23. The summed E-state index contributed by atoms with van der Waals surface area (Å²) in [5.41, 5.74) is 3.56. The molecule has 0 unspecified atom stereocenters. The number of aromatic nitrogens is 3. The molecule has 0 atom stereocenters. The lowest BCUT2D eigenvalue weighted by molar-refractivity contribution is -0.116. The van der Waals surface area contributed by atoms with Crippen molar-refractivity contribution in [1.82, 2.24) is 14.5 Å². The van der Waals surface area contributed by atoms with Crippen LogP contribution in [0, 0.1) is 6.92 Å². The summed E-state index contributed by atoms with van der Waals surface area (Å²) in [4.78, 5) is 32.4. The van der Waals surface area contributed by atoms with Crippen LogP contribution in [0.3, 0.4) is 0 Å². The third-order valence-corrected chi connectivity index (χ3v) is 4.69. The van der Waals surface area contributed by atoms with Gasteiger partial charge in [0.25, 0.3) is 5.56 Å². The van der Waals surface area contributed by atoms with E-state index in [-0.39, 0.29) is 24.4 Å². The van der Waals surface area contributed by atoms with Crippen molar-refractivity contribution >= 4 is 45.1 Å². The molecule has 0 aliphatic heterocycles. The fourth-order valence-corrected chi connectivity index (χ4v) is 3.17. The third-order valence-electron chi connectivity index (χ3n) is 4.44. The van der Waals surface area contributed by atoms with Gasteiger partial charge in [0, 0.05) is 34.6 Å². The second kappa shape index (κ2) is 6.89. The van der Waals surface area contributed by atoms with Crippen LogP contribution in [0.15, 0.2) is 53.6 Å². The summed E-state index contributed by atoms with van der Waals surface area (Å²) in [6.07, 6.45) is 1.66. The Morgan fingerprint density at radius 2 is 2.00 bits per heavy atom. The molecule has 7 heteroatoms. The molecule has 4 rings (SSSR count). The minimum Gasteiger partial charge on any atom is -0.349 e. The van der Waals surface area contributed by atoms with Crippen LogP contribution in [0.1, 0.15) is 12.0 Å². The van der Waals surface area contributed by atoms with E-state index < -0.39 is 0 Å². The fraction of sp³-hybridized carbons (Fsp3) is 0.150. The van der Waals surface area contributed by atoms with Gasteiger partial charge in [-0.2, -0.15) is 0 Å². The highest BCUT2D eigenvalue weighted by Gasteiger charge is 2.12. The van der Waals surface area contributed by atoms with Gasteiger partial charge in [0.05, 0.1) is 6.33 Å². The zero-order valence-corrected chi connectivity index (χ0v) is 15.4. The van der Waals surface area contributed by atoms with Gasteiger partial charge in [-0.25, -0.2) is 4.98 Å². The van der Waals surface area contributed by atoms with E-state index in [0.717, 1.165) is 16.5 Å². The summed E-state index contributed by atoms with van der Waals surface area (Å²) in [7, 11) is 0. The number of hydrogen-bond acceptors (Lipinski definition) is 3. The molecule has 0 saturated heterocycles. The van der Waals surface area contributed by atoms with Gasteiger partial charge in [0.2, 0.25) is 5.91 Å². The Labute approximate surface area is 159 Å². The van der Waals surface area contributed by atoms with Gasteiger partial charge in [-0.1, -0.05) is 23.2 Å². The Morgan fingerprint density at radius 1 is 1.22 bits per heavy atom. The van der Waals surface area contributed by atoms with Crippen molar-refractivity contribution in [2.24, 2.45) is 0 Å². The average molecular weight is 381 g/mol. The maximum absolute atomic E-state index is 12.7. The van der Waals surface area contributed by atoms with Crippen molar-refractivity contribution in [3.63, 3.8) is 0 Å². The van der Waals surface area contributed by atoms with Crippen LogP contribution in [0.25, 0.3) is 21.9 Å². The second-order valence-electron chi connectivity index (χ2n) is 6.45. The van der Waals surface area contributed by atoms with Crippen molar-refractivity contribution in [3.05, 3.63) is 69.7 Å². The molecule has 2 heterocycles. The van der Waals surface area contributed by atoms with Crippen LogP contribution in [0.5, 0.6) is 0 Å². The van der Waals surface area contributed by atoms with Gasteiger partial charge in [-0.15, -0.1) is 0 Å². The normalized spacial score (nSPS) is 11.2. The number of halogens is 1. The summed E-state index contributed by atoms with van der Waals surface area (Å²) in [5, 5.41) is 4.31. The second-order valence-corrected chi connectivity index (χ2v) is 6.88. The molecule has 2 N–H and O–H groups in total. The molecule has 2 aromatic carbocycles. The topological polar surface area (TPSA) is 79.8 Å². The number of benzene rings is 2. The minimum atomic E-state index is -0.187. The van der Waals surface area contributed by atoms with Crippen molar-refractivity contribution in [2.45, 2.75) is 19.9 Å². The van der Waals surface area contributed by atoms with E-state index in [1.54, 1.807) is 24.3 Å². The number of nitrogens with one attached hydrogen (secondary N) is 2. The van der Waals surface area contributed by atoms with E-state index in [1.807, 2.05) is 25.1 Å². The lowest BCUT2D eigenvalue weighted by Gasteiger charge is -2.07. The first kappa shape index (κ1) is 17.3. The van der Waals surface area contributed by atoms with Gasteiger partial charge in [0.15, 0.2) is 0 Å². The third kappa shape index (κ3) is 3.44. The summed E-state index contributed by atoms with van der Waals surface area (Å²) in [6, 6.07) is 12.8. The van der Waals surface area contributed by atoms with Crippen molar-refractivity contribution in [2.75, 3.05) is 5.32 Å². The number of H-pyrrole nitrogens is 1. The quantitative estimate of drug-likeness (QED) is 0.564. The highest BCUT2D eigenvalue weighted by atomic mass is 35.5. The zero-order chi connectivity index (χ0) is 19.0. The van der Waals surface area contributed by atoms with Gasteiger partial charge >= 0.3 is 0 Å². The molecule has 0 aliphatic rings. The minimum absolute atomic E-state index is 0.162. The fourth-order valence-electron chi connectivity index (χ4n) is 3.04. The Balaban J connectivity index is 1.54. The van der Waals surface area contributed by atoms with Crippen LogP contribution in [0.2, 0.25) is 5.02 Å². The molecule has 1 amide bonds. The van der Waals surface area contributed by atoms with Gasteiger partial charge in [0.1, 0.15) is 11.0 Å². The molecule has 0 fully saturated rings. The van der Waals surface area contributed by atoms with Crippen molar-refractivity contribution < 1.29 is 4.79 Å². The molecule has 6 nitrogen and oxygen atoms in total. The summed E-state index contributed by atoms with van der Waals surface area (Å²) in [6.45, 7) is 2.24. The highest BCUT2D eigenvalue weighted by molar-refractivity contribution is 6.30. The molecule has 0 radical (unpaired) electrons. The molecule has 136 valence electrons. The molecule has 0 aliphatic carbocycles. The number of rotatable bonds is 4. The Hall–Kier alpha value is -3.12. The number of hydrogen-bond donors (Lipinski definition) is 2. The summed E-state index contributed by atoms with van der Waals surface area (Å²) < 4.78 is 1.45. The zero-order valence-electron chi connectivity index (χ0n) is 14.6. The number of carbonyl (C=O) groups excluding carboxylic acids is 1. The SMILES string of the molecule is Cc1ccc2[nH]c3c(=O)n(CCC(=O)Nc4ccc(Cl)cc4)cnc3c2c1. The number of fused-ring (bicyclic) bond motifs is 3. The van der Waals surface area contributed by atoms with Crippen LogP contribution in [-0.2, 0) is 11.3 Å². The van der Waals surface area contributed by atoms with E-state index in [2.05, 4.69) is 15.3 Å². The standard InChI is InChI=1S/C20H17ClN4O2/c1-12-2-7-16-15(10-12)18-19(24-16)20(27)25(11-22-18)9-8-17(26)23-14-5-3-13(21)4-6-14/h2-7,10-11,24H,8-9H2,1H3,(H,23,26). The van der Waals surface area contributed by atoms with Crippen molar-refractivity contribution in [1.29, 1.82) is 0 Å². The van der Waals surface area contributed by atoms with E-state index in [1.165, 1.54) is 10.9 Å². The molecule has 0 bridgehead atoms. The van der Waals surface area contributed by atoms with Crippen LogP contribution < -0.4 is 10.9 Å². The van der Waals surface area contributed by atoms with Gasteiger partial charge in [-0.3, -0.25) is 14.2 Å². The van der Waals surface area contributed by atoms with E-state index in [0.29, 0.717) is 21.7 Å². The lowest BCUT2D eigenvalue weighted by atomic mass is 10.2. The maximum Gasteiger partial charge on any atom is 0.277 e. The van der Waals surface area contributed by atoms with Gasteiger partial charge in [-0.05, 0) is 43.3 Å².